The largest absolute Gasteiger partial charge is 0.180 e. The van der Waals surface area contributed by atoms with E-state index in [9.17, 15) is 0 Å². The van der Waals surface area contributed by atoms with E-state index >= 15 is 0 Å². The van der Waals surface area contributed by atoms with Crippen LogP contribution in [0.2, 0.25) is 0 Å². The summed E-state index contributed by atoms with van der Waals surface area (Å²) >= 11 is 0. The standard InChI is InChI=1S/C30H24Si/c1-3-15-25(16-4-1)31(26-17-5-2-6-18-26,29-21-9-13-23-11-7-19-27(23)29)30-22-10-14-24-12-8-20-28(24)30/h1-18,21-22H,19-20H2. The van der Waals surface area contributed by atoms with Gasteiger partial charge >= 0.3 is 0 Å². The average Bonchev–Trinajstić information content (AvgIpc) is 3.51. The quantitative estimate of drug-likeness (QED) is 0.348. The van der Waals surface area contributed by atoms with Crippen LogP contribution in [-0.2, 0) is 12.8 Å². The van der Waals surface area contributed by atoms with Gasteiger partial charge in [-0.15, -0.1) is 0 Å². The van der Waals surface area contributed by atoms with Gasteiger partial charge in [-0.2, -0.15) is 0 Å². The summed E-state index contributed by atoms with van der Waals surface area (Å²) < 4.78 is 0. The van der Waals surface area contributed by atoms with Gasteiger partial charge in [-0.05, 0) is 55.8 Å². The molecule has 2 aliphatic rings. The Morgan fingerprint density at radius 3 is 1.35 bits per heavy atom. The summed E-state index contributed by atoms with van der Waals surface area (Å²) in [7, 11) is -2.49. The SMILES string of the molecule is C1=Cc2cccc([Si](c3ccccc3)(c3ccccc3)c3cccc4c3CC=C4)c2C1. The molecule has 0 saturated carbocycles. The van der Waals surface area contributed by atoms with Gasteiger partial charge < -0.3 is 0 Å². The van der Waals surface area contributed by atoms with Gasteiger partial charge in [0.2, 0.25) is 0 Å². The third kappa shape index (κ3) is 2.74. The normalized spacial score (nSPS) is 13.9. The highest BCUT2D eigenvalue weighted by atomic mass is 28.3. The molecule has 0 unspecified atom stereocenters. The highest BCUT2D eigenvalue weighted by Crippen LogP contribution is 2.24. The molecule has 0 bridgehead atoms. The first-order chi connectivity index (χ1) is 15.4. The van der Waals surface area contributed by atoms with Crippen LogP contribution in [0.3, 0.4) is 0 Å². The monoisotopic (exact) mass is 412 g/mol. The van der Waals surface area contributed by atoms with Gasteiger partial charge in [0.25, 0.3) is 0 Å². The molecule has 0 amide bonds. The summed E-state index contributed by atoms with van der Waals surface area (Å²) in [6.45, 7) is 0. The molecular formula is C30H24Si. The number of hydrogen-bond acceptors (Lipinski definition) is 0. The van der Waals surface area contributed by atoms with Gasteiger partial charge in [-0.1, -0.05) is 121 Å². The maximum atomic E-state index is 2.42. The second-order valence-corrected chi connectivity index (χ2v) is 12.2. The lowest BCUT2D eigenvalue weighted by molar-refractivity contribution is 1.32. The zero-order chi connectivity index (χ0) is 20.7. The highest BCUT2D eigenvalue weighted by molar-refractivity contribution is 7.20. The average molecular weight is 413 g/mol. The Balaban J connectivity index is 1.79. The Bertz CT molecular complexity index is 1210. The van der Waals surface area contributed by atoms with Crippen LogP contribution in [0.5, 0.6) is 0 Å². The van der Waals surface area contributed by atoms with Crippen LogP contribution in [0.1, 0.15) is 22.3 Å². The maximum Gasteiger partial charge on any atom is 0.180 e. The van der Waals surface area contributed by atoms with Gasteiger partial charge in [0.15, 0.2) is 8.07 Å². The Labute approximate surface area is 185 Å². The van der Waals surface area contributed by atoms with Crippen LogP contribution in [0.15, 0.2) is 109 Å². The molecule has 148 valence electrons. The van der Waals surface area contributed by atoms with Gasteiger partial charge in [0, 0.05) is 0 Å². The molecule has 0 aromatic heterocycles. The number of rotatable bonds is 4. The van der Waals surface area contributed by atoms with Crippen molar-refractivity contribution in [3.63, 3.8) is 0 Å². The van der Waals surface area contributed by atoms with Crippen molar-refractivity contribution in [3.05, 3.63) is 131 Å². The van der Waals surface area contributed by atoms with Crippen LogP contribution in [0, 0.1) is 0 Å². The number of allylic oxidation sites excluding steroid dienone is 2. The molecule has 0 radical (unpaired) electrons. The highest BCUT2D eigenvalue weighted by Gasteiger charge is 2.44. The molecule has 31 heavy (non-hydrogen) atoms. The summed E-state index contributed by atoms with van der Waals surface area (Å²) in [6.07, 6.45) is 11.3. The molecule has 6 rings (SSSR count). The predicted molar refractivity (Wildman–Crippen MR) is 136 cm³/mol. The minimum Gasteiger partial charge on any atom is -0.0795 e. The van der Waals surface area contributed by atoms with E-state index in [4.69, 9.17) is 0 Å². The molecule has 0 aliphatic heterocycles. The Kier molecular flexibility index (Phi) is 4.36. The Morgan fingerprint density at radius 1 is 0.452 bits per heavy atom. The Hall–Kier alpha value is -3.42. The van der Waals surface area contributed by atoms with Crippen LogP contribution < -0.4 is 20.7 Å². The van der Waals surface area contributed by atoms with E-state index in [2.05, 4.69) is 121 Å². The van der Waals surface area contributed by atoms with Gasteiger partial charge in [-0.25, -0.2) is 0 Å². The molecule has 1 heteroatoms. The Morgan fingerprint density at radius 2 is 0.903 bits per heavy atom. The third-order valence-corrected chi connectivity index (χ3v) is 11.8. The summed E-state index contributed by atoms with van der Waals surface area (Å²) in [5.74, 6) is 0. The van der Waals surface area contributed by atoms with E-state index in [0.29, 0.717) is 0 Å². The molecule has 0 atom stereocenters. The fourth-order valence-electron chi connectivity index (χ4n) is 5.60. The van der Waals surface area contributed by atoms with Gasteiger partial charge in [0.1, 0.15) is 0 Å². The smallest absolute Gasteiger partial charge is 0.0795 e. The van der Waals surface area contributed by atoms with E-state index in [1.165, 1.54) is 43.0 Å². The number of benzene rings is 4. The summed E-state index contributed by atoms with van der Waals surface area (Å²) in [6, 6.07) is 36.5. The zero-order valence-electron chi connectivity index (χ0n) is 17.5. The summed E-state index contributed by atoms with van der Waals surface area (Å²) in [4.78, 5) is 0. The molecule has 0 heterocycles. The molecule has 4 aromatic carbocycles. The second kappa shape index (κ2) is 7.37. The van der Waals surface area contributed by atoms with Gasteiger partial charge in [-0.3, -0.25) is 0 Å². The lowest BCUT2D eigenvalue weighted by atomic mass is 10.1. The van der Waals surface area contributed by atoms with Crippen molar-refractivity contribution in [1.29, 1.82) is 0 Å². The fraction of sp³-hybridized carbons (Fsp3) is 0.0667. The van der Waals surface area contributed by atoms with E-state index < -0.39 is 8.07 Å². The lowest BCUT2D eigenvalue weighted by Gasteiger charge is -2.37. The third-order valence-electron chi connectivity index (χ3n) is 6.88. The van der Waals surface area contributed by atoms with Crippen molar-refractivity contribution in [2.45, 2.75) is 12.8 Å². The first kappa shape index (κ1) is 18.4. The van der Waals surface area contributed by atoms with Crippen molar-refractivity contribution >= 4 is 41.0 Å². The lowest BCUT2D eigenvalue weighted by Crippen LogP contribution is -2.76. The van der Waals surface area contributed by atoms with Crippen molar-refractivity contribution in [2.75, 3.05) is 0 Å². The van der Waals surface area contributed by atoms with Crippen molar-refractivity contribution in [3.8, 4) is 0 Å². The molecule has 4 aromatic rings. The molecular weight excluding hydrogens is 388 g/mol. The zero-order valence-corrected chi connectivity index (χ0v) is 18.5. The van der Waals surface area contributed by atoms with E-state index in [1.54, 1.807) is 0 Å². The van der Waals surface area contributed by atoms with E-state index in [1.807, 2.05) is 0 Å². The van der Waals surface area contributed by atoms with Crippen LogP contribution >= 0.6 is 0 Å². The van der Waals surface area contributed by atoms with Crippen LogP contribution in [0.4, 0.5) is 0 Å². The molecule has 0 nitrogen and oxygen atoms in total. The minimum absolute atomic E-state index is 1.02. The van der Waals surface area contributed by atoms with Crippen molar-refractivity contribution < 1.29 is 0 Å². The summed E-state index contributed by atoms with van der Waals surface area (Å²) in [5.41, 5.74) is 5.77. The van der Waals surface area contributed by atoms with Crippen molar-refractivity contribution in [1.82, 2.24) is 0 Å². The molecule has 0 saturated heterocycles. The van der Waals surface area contributed by atoms with E-state index in [-0.39, 0.29) is 0 Å². The molecule has 0 N–H and O–H groups in total. The van der Waals surface area contributed by atoms with Crippen LogP contribution in [0.25, 0.3) is 12.2 Å². The van der Waals surface area contributed by atoms with Gasteiger partial charge in [0.05, 0.1) is 0 Å². The summed E-state index contributed by atoms with van der Waals surface area (Å²) in [5, 5.41) is 5.99. The van der Waals surface area contributed by atoms with Crippen LogP contribution in [-0.4, -0.2) is 8.07 Å². The topological polar surface area (TPSA) is 0 Å². The second-order valence-electron chi connectivity index (χ2n) is 8.44. The first-order valence-corrected chi connectivity index (χ1v) is 13.1. The molecule has 0 fully saturated rings. The predicted octanol–water partition coefficient (Wildman–Crippen LogP) is 4.20. The van der Waals surface area contributed by atoms with E-state index in [0.717, 1.165) is 12.8 Å². The van der Waals surface area contributed by atoms with Crippen molar-refractivity contribution in [2.24, 2.45) is 0 Å². The number of fused-ring (bicyclic) bond motifs is 2. The molecule has 0 spiro atoms. The molecule has 2 aliphatic carbocycles. The number of hydrogen-bond donors (Lipinski definition) is 0. The fourth-order valence-corrected chi connectivity index (χ4v) is 10.9. The maximum absolute atomic E-state index is 2.49. The first-order valence-electron chi connectivity index (χ1n) is 11.1. The minimum atomic E-state index is -2.49.